The molecule has 1 aliphatic heterocycles. The Morgan fingerprint density at radius 3 is 2.71 bits per heavy atom. The largest absolute Gasteiger partial charge is 0.497 e. The van der Waals surface area contributed by atoms with Crippen molar-refractivity contribution in [3.63, 3.8) is 0 Å². The van der Waals surface area contributed by atoms with E-state index in [9.17, 15) is 0 Å². The molecule has 0 aromatic heterocycles. The summed E-state index contributed by atoms with van der Waals surface area (Å²) in [5.41, 5.74) is 1.19. The van der Waals surface area contributed by atoms with E-state index in [1.807, 2.05) is 12.1 Å². The van der Waals surface area contributed by atoms with Gasteiger partial charge in [0.25, 0.3) is 0 Å². The summed E-state index contributed by atoms with van der Waals surface area (Å²) in [5.74, 6) is 1.82. The predicted molar refractivity (Wildman–Crippen MR) is 86.1 cm³/mol. The summed E-state index contributed by atoms with van der Waals surface area (Å²) >= 11 is 0. The van der Waals surface area contributed by atoms with Gasteiger partial charge in [0.15, 0.2) is 0 Å². The molecule has 21 heavy (non-hydrogen) atoms. The predicted octanol–water partition coefficient (Wildman–Crippen LogP) is 2.67. The van der Waals surface area contributed by atoms with Gasteiger partial charge in [-0.3, -0.25) is 4.90 Å². The Hall–Kier alpha value is -1.26. The second kappa shape index (κ2) is 8.25. The number of hydrogen-bond donors (Lipinski definition) is 1. The molecule has 1 unspecified atom stereocenters. The molecule has 0 radical (unpaired) electrons. The van der Waals surface area contributed by atoms with Crippen LogP contribution in [0.5, 0.6) is 11.5 Å². The molecule has 4 nitrogen and oxygen atoms in total. The molecule has 1 atom stereocenters. The van der Waals surface area contributed by atoms with Gasteiger partial charge in [-0.1, -0.05) is 13.3 Å². The van der Waals surface area contributed by atoms with Crippen molar-refractivity contribution in [2.24, 2.45) is 0 Å². The maximum atomic E-state index is 5.48. The minimum atomic E-state index is 0.621. The molecule has 1 aromatic carbocycles. The third-order valence-electron chi connectivity index (χ3n) is 4.22. The zero-order chi connectivity index (χ0) is 15.1. The number of methoxy groups -OCH3 is 2. The van der Waals surface area contributed by atoms with Gasteiger partial charge in [0.05, 0.1) is 14.2 Å². The summed E-state index contributed by atoms with van der Waals surface area (Å²) < 4.78 is 10.8. The molecule has 1 aliphatic rings. The lowest BCUT2D eigenvalue weighted by atomic mass is 10.0. The number of likely N-dealkylation sites (N-methyl/N-ethyl adjacent to an activating group) is 1. The van der Waals surface area contributed by atoms with Gasteiger partial charge in [-0.05, 0) is 44.1 Å². The molecule has 0 aliphatic carbocycles. The highest BCUT2D eigenvalue weighted by Crippen LogP contribution is 2.25. The van der Waals surface area contributed by atoms with E-state index in [0.29, 0.717) is 6.04 Å². The van der Waals surface area contributed by atoms with E-state index >= 15 is 0 Å². The molecule has 0 bridgehead atoms. The Morgan fingerprint density at radius 2 is 2.10 bits per heavy atom. The first kappa shape index (κ1) is 16.1. The van der Waals surface area contributed by atoms with Crippen LogP contribution in [0, 0.1) is 0 Å². The van der Waals surface area contributed by atoms with Crippen LogP contribution in [0.25, 0.3) is 0 Å². The first-order chi connectivity index (χ1) is 10.3. The Morgan fingerprint density at radius 1 is 1.24 bits per heavy atom. The summed E-state index contributed by atoms with van der Waals surface area (Å²) in [4.78, 5) is 2.47. The number of nitrogens with one attached hydrogen (secondary N) is 1. The van der Waals surface area contributed by atoms with E-state index in [0.717, 1.165) is 37.7 Å². The van der Waals surface area contributed by atoms with Crippen LogP contribution in [-0.2, 0) is 6.54 Å². The van der Waals surface area contributed by atoms with Crippen molar-refractivity contribution in [1.82, 2.24) is 10.2 Å². The van der Waals surface area contributed by atoms with Gasteiger partial charge in [0, 0.05) is 24.7 Å². The monoisotopic (exact) mass is 292 g/mol. The van der Waals surface area contributed by atoms with Crippen molar-refractivity contribution in [2.75, 3.05) is 33.9 Å². The van der Waals surface area contributed by atoms with Gasteiger partial charge in [0.2, 0.25) is 0 Å². The molecule has 1 aromatic rings. The smallest absolute Gasteiger partial charge is 0.123 e. The molecular formula is C17H28N2O2. The molecule has 1 heterocycles. The Kier molecular flexibility index (Phi) is 6.33. The maximum Gasteiger partial charge on any atom is 0.123 e. The van der Waals surface area contributed by atoms with E-state index in [2.05, 4.69) is 23.2 Å². The minimum Gasteiger partial charge on any atom is -0.497 e. The third kappa shape index (κ3) is 4.61. The Balaban J connectivity index is 2.02. The lowest BCUT2D eigenvalue weighted by Crippen LogP contribution is -2.43. The molecule has 118 valence electrons. The fourth-order valence-electron chi connectivity index (χ4n) is 2.94. The molecule has 2 rings (SSSR count). The first-order valence-corrected chi connectivity index (χ1v) is 7.93. The molecular weight excluding hydrogens is 264 g/mol. The van der Waals surface area contributed by atoms with Crippen LogP contribution in [0.4, 0.5) is 0 Å². The summed E-state index contributed by atoms with van der Waals surface area (Å²) in [6.45, 7) is 6.41. The van der Waals surface area contributed by atoms with Crippen molar-refractivity contribution in [3.05, 3.63) is 23.8 Å². The average Bonchev–Trinajstić information content (AvgIpc) is 2.55. The van der Waals surface area contributed by atoms with Gasteiger partial charge >= 0.3 is 0 Å². The Bertz CT molecular complexity index is 431. The van der Waals surface area contributed by atoms with Crippen LogP contribution in [0.3, 0.4) is 0 Å². The third-order valence-corrected chi connectivity index (χ3v) is 4.22. The SMILES string of the molecule is CCN(Cc1cc(OC)ccc1OC)CC1CCCCN1. The van der Waals surface area contributed by atoms with Crippen LogP contribution in [0.1, 0.15) is 31.7 Å². The number of ether oxygens (including phenoxy) is 2. The number of piperidine rings is 1. The van der Waals surface area contributed by atoms with Gasteiger partial charge in [-0.25, -0.2) is 0 Å². The molecule has 0 spiro atoms. The molecule has 1 fully saturated rings. The topological polar surface area (TPSA) is 33.7 Å². The second-order valence-electron chi connectivity index (χ2n) is 5.65. The van der Waals surface area contributed by atoms with Gasteiger partial charge in [0.1, 0.15) is 11.5 Å². The van der Waals surface area contributed by atoms with E-state index in [-0.39, 0.29) is 0 Å². The highest BCUT2D eigenvalue weighted by atomic mass is 16.5. The van der Waals surface area contributed by atoms with Crippen molar-refractivity contribution in [2.45, 2.75) is 38.8 Å². The summed E-state index contributed by atoms with van der Waals surface area (Å²) in [7, 11) is 3.43. The van der Waals surface area contributed by atoms with Gasteiger partial charge < -0.3 is 14.8 Å². The first-order valence-electron chi connectivity index (χ1n) is 7.93. The van der Waals surface area contributed by atoms with Crippen molar-refractivity contribution in [1.29, 1.82) is 0 Å². The van der Waals surface area contributed by atoms with Crippen LogP contribution in [-0.4, -0.2) is 44.8 Å². The maximum absolute atomic E-state index is 5.48. The summed E-state index contributed by atoms with van der Waals surface area (Å²) in [6.07, 6.45) is 3.94. The standard InChI is InChI=1S/C17H28N2O2/c1-4-19(13-15-7-5-6-10-18-15)12-14-11-16(20-2)8-9-17(14)21-3/h8-9,11,15,18H,4-7,10,12-13H2,1-3H3. The average molecular weight is 292 g/mol. The summed E-state index contributed by atoms with van der Waals surface area (Å²) in [6, 6.07) is 6.63. The number of rotatable bonds is 7. The fraction of sp³-hybridized carbons (Fsp3) is 0.647. The lowest BCUT2D eigenvalue weighted by Gasteiger charge is -2.30. The van der Waals surface area contributed by atoms with Crippen molar-refractivity contribution >= 4 is 0 Å². The number of benzene rings is 1. The molecule has 0 amide bonds. The normalized spacial score (nSPS) is 18.8. The second-order valence-corrected chi connectivity index (χ2v) is 5.65. The molecule has 0 saturated carbocycles. The van der Waals surface area contributed by atoms with E-state index < -0.39 is 0 Å². The van der Waals surface area contributed by atoms with Gasteiger partial charge in [-0.15, -0.1) is 0 Å². The van der Waals surface area contributed by atoms with Crippen LogP contribution >= 0.6 is 0 Å². The summed E-state index contributed by atoms with van der Waals surface area (Å²) in [5, 5.41) is 3.62. The molecule has 4 heteroatoms. The zero-order valence-corrected chi connectivity index (χ0v) is 13.5. The van der Waals surface area contributed by atoms with E-state index in [1.54, 1.807) is 14.2 Å². The highest BCUT2D eigenvalue weighted by molar-refractivity contribution is 5.40. The van der Waals surface area contributed by atoms with Crippen molar-refractivity contribution < 1.29 is 9.47 Å². The number of hydrogen-bond acceptors (Lipinski definition) is 4. The zero-order valence-electron chi connectivity index (χ0n) is 13.5. The minimum absolute atomic E-state index is 0.621. The highest BCUT2D eigenvalue weighted by Gasteiger charge is 2.17. The van der Waals surface area contributed by atoms with Gasteiger partial charge in [-0.2, -0.15) is 0 Å². The van der Waals surface area contributed by atoms with Crippen LogP contribution < -0.4 is 14.8 Å². The molecule has 1 saturated heterocycles. The van der Waals surface area contributed by atoms with Crippen molar-refractivity contribution in [3.8, 4) is 11.5 Å². The van der Waals surface area contributed by atoms with E-state index in [1.165, 1.54) is 24.8 Å². The molecule has 1 N–H and O–H groups in total. The fourth-order valence-corrected chi connectivity index (χ4v) is 2.94. The van der Waals surface area contributed by atoms with Crippen LogP contribution in [0.15, 0.2) is 18.2 Å². The van der Waals surface area contributed by atoms with Crippen LogP contribution in [0.2, 0.25) is 0 Å². The number of nitrogens with zero attached hydrogens (tertiary/aromatic N) is 1. The van der Waals surface area contributed by atoms with E-state index in [4.69, 9.17) is 9.47 Å². The lowest BCUT2D eigenvalue weighted by molar-refractivity contribution is 0.223. The Labute approximate surface area is 128 Å². The quantitative estimate of drug-likeness (QED) is 0.838.